The van der Waals surface area contributed by atoms with Gasteiger partial charge in [0, 0.05) is 26.1 Å². The van der Waals surface area contributed by atoms with Gasteiger partial charge < -0.3 is 56.0 Å². The number of rotatable bonds is 52. The van der Waals surface area contributed by atoms with Crippen molar-refractivity contribution in [1.82, 2.24) is 26.6 Å². The van der Waals surface area contributed by atoms with E-state index in [-0.39, 0.29) is 24.9 Å². The van der Waals surface area contributed by atoms with Gasteiger partial charge in [-0.3, -0.25) is 20.2 Å². The number of carbonyl (C=O) groups is 2. The Morgan fingerprint density at radius 2 is 1.00 bits per heavy atom. The van der Waals surface area contributed by atoms with Crippen LogP contribution in [-0.4, -0.2) is 151 Å². The summed E-state index contributed by atoms with van der Waals surface area (Å²) in [5.41, 5.74) is 5.82. The predicted octanol–water partition coefficient (Wildman–Crippen LogP) is 5.85. The third kappa shape index (κ3) is 42.7. The standard InChI is InChI=1S/C51H104N6O9/c1-2-48(59)47(52)23-19-21-30-55-50(61)43-65-39-38-64-36-33-57-51(62)44-66-40-37-63-35-32-56-49(60)28-31-54-42-46-26-24-45(25-27-46)41-53-29-20-17-15-13-11-9-7-5-3-4-6-8-10-12-14-16-18-22-34-58/h45-47,49-50,53-56,58,60-61H,2-44,52H2,1H3,(H,57,62). The summed E-state index contributed by atoms with van der Waals surface area (Å²) in [6.45, 7) is 10.0. The first-order chi connectivity index (χ1) is 32.3. The zero-order valence-electron chi connectivity index (χ0n) is 42.2. The van der Waals surface area contributed by atoms with Crippen molar-refractivity contribution in [2.45, 2.75) is 199 Å². The number of Topliss-reactive ketones (excluding diaryl/α,β-unsaturated/α-hetero) is 1. The molecule has 0 bridgehead atoms. The fourth-order valence-corrected chi connectivity index (χ4v) is 8.43. The first kappa shape index (κ1) is 62.7. The van der Waals surface area contributed by atoms with Gasteiger partial charge in [-0.2, -0.15) is 0 Å². The van der Waals surface area contributed by atoms with Gasteiger partial charge in [-0.1, -0.05) is 116 Å². The van der Waals surface area contributed by atoms with Crippen molar-refractivity contribution < 1.29 is 43.9 Å². The van der Waals surface area contributed by atoms with Crippen molar-refractivity contribution in [2.75, 3.05) is 105 Å². The van der Waals surface area contributed by atoms with Crippen molar-refractivity contribution in [3.63, 3.8) is 0 Å². The fraction of sp³-hybridized carbons (Fsp3) is 0.961. The van der Waals surface area contributed by atoms with E-state index in [1.165, 1.54) is 148 Å². The minimum Gasteiger partial charge on any atom is -0.396 e. The lowest BCUT2D eigenvalue weighted by atomic mass is 9.82. The second-order valence-corrected chi connectivity index (χ2v) is 18.7. The molecule has 0 radical (unpaired) electrons. The molecule has 392 valence electrons. The molecule has 1 aliphatic carbocycles. The highest BCUT2D eigenvalue weighted by Gasteiger charge is 2.20. The number of amides is 1. The summed E-state index contributed by atoms with van der Waals surface area (Å²) in [6.07, 6.45) is 31.7. The van der Waals surface area contributed by atoms with Crippen molar-refractivity contribution in [2.24, 2.45) is 17.6 Å². The predicted molar refractivity (Wildman–Crippen MR) is 267 cm³/mol. The maximum Gasteiger partial charge on any atom is 0.246 e. The van der Waals surface area contributed by atoms with Gasteiger partial charge in [0.05, 0.1) is 52.3 Å². The van der Waals surface area contributed by atoms with Crippen LogP contribution in [0.4, 0.5) is 0 Å². The van der Waals surface area contributed by atoms with Crippen LogP contribution < -0.4 is 32.3 Å². The molecule has 0 heterocycles. The first-order valence-corrected chi connectivity index (χ1v) is 27.1. The van der Waals surface area contributed by atoms with Gasteiger partial charge in [0.2, 0.25) is 5.91 Å². The quantitative estimate of drug-likeness (QED) is 0.0258. The lowest BCUT2D eigenvalue weighted by Gasteiger charge is -2.29. The average Bonchev–Trinajstić information content (AvgIpc) is 3.32. The molecule has 1 amide bonds. The Morgan fingerprint density at radius 1 is 0.530 bits per heavy atom. The fourth-order valence-electron chi connectivity index (χ4n) is 8.43. The molecular weight excluding hydrogens is 841 g/mol. The van der Waals surface area contributed by atoms with Gasteiger partial charge in [0.15, 0.2) is 0 Å². The van der Waals surface area contributed by atoms with Crippen molar-refractivity contribution in [1.29, 1.82) is 0 Å². The number of nitrogens with one attached hydrogen (secondary N) is 5. The highest BCUT2D eigenvalue weighted by Crippen LogP contribution is 2.28. The van der Waals surface area contributed by atoms with Gasteiger partial charge in [0.25, 0.3) is 0 Å². The molecule has 15 heteroatoms. The van der Waals surface area contributed by atoms with E-state index in [9.17, 15) is 19.8 Å². The molecule has 0 aliphatic heterocycles. The minimum atomic E-state index is -0.776. The van der Waals surface area contributed by atoms with Gasteiger partial charge in [-0.05, 0) is 102 Å². The molecule has 0 aromatic rings. The number of aliphatic hydroxyl groups excluding tert-OH is 3. The largest absolute Gasteiger partial charge is 0.396 e. The SMILES string of the molecule is CCC(=O)C(N)CCCCNC(O)COCCOCCNC(=O)COCCOCCNC(O)CCNCC1CCC(CNCCCCCCCCCCCCCCCCCCCCO)CC1. The van der Waals surface area contributed by atoms with Crippen LogP contribution in [-0.2, 0) is 28.5 Å². The summed E-state index contributed by atoms with van der Waals surface area (Å²) in [4.78, 5) is 23.5. The van der Waals surface area contributed by atoms with Gasteiger partial charge in [-0.15, -0.1) is 0 Å². The van der Waals surface area contributed by atoms with Crippen LogP contribution in [0.1, 0.15) is 180 Å². The topological polar surface area (TPSA) is 218 Å². The van der Waals surface area contributed by atoms with E-state index >= 15 is 0 Å². The highest BCUT2D eigenvalue weighted by molar-refractivity contribution is 5.83. The number of hydrogen-bond acceptors (Lipinski definition) is 14. The Morgan fingerprint density at radius 3 is 1.56 bits per heavy atom. The molecule has 0 spiro atoms. The van der Waals surface area contributed by atoms with Crippen LogP contribution in [0.5, 0.6) is 0 Å². The molecule has 15 nitrogen and oxygen atoms in total. The summed E-state index contributed by atoms with van der Waals surface area (Å²) in [7, 11) is 0. The summed E-state index contributed by atoms with van der Waals surface area (Å²) in [6, 6.07) is -0.394. The van der Waals surface area contributed by atoms with E-state index in [4.69, 9.17) is 29.8 Å². The number of aliphatic hydroxyl groups is 3. The first-order valence-electron chi connectivity index (χ1n) is 27.1. The summed E-state index contributed by atoms with van der Waals surface area (Å²) in [5, 5.41) is 45.2. The number of ketones is 1. The molecule has 0 saturated heterocycles. The number of hydrogen-bond donors (Lipinski definition) is 9. The maximum absolute atomic E-state index is 12.0. The molecule has 1 aliphatic rings. The van der Waals surface area contributed by atoms with Crippen molar-refractivity contribution in [3.05, 3.63) is 0 Å². The van der Waals surface area contributed by atoms with Gasteiger partial charge in [0.1, 0.15) is 24.8 Å². The third-order valence-electron chi connectivity index (χ3n) is 12.7. The molecule has 3 unspecified atom stereocenters. The summed E-state index contributed by atoms with van der Waals surface area (Å²) >= 11 is 0. The number of nitrogens with two attached hydrogens (primary N) is 1. The molecule has 1 saturated carbocycles. The van der Waals surface area contributed by atoms with Gasteiger partial charge in [-0.25, -0.2) is 0 Å². The molecule has 66 heavy (non-hydrogen) atoms. The molecule has 1 rings (SSSR count). The normalized spacial score (nSPS) is 16.7. The molecule has 0 aromatic heterocycles. The van der Waals surface area contributed by atoms with E-state index in [1.807, 2.05) is 6.92 Å². The van der Waals surface area contributed by atoms with E-state index in [0.717, 1.165) is 44.2 Å². The lowest BCUT2D eigenvalue weighted by Crippen LogP contribution is -2.36. The second-order valence-electron chi connectivity index (χ2n) is 18.7. The number of unbranched alkanes of at least 4 members (excludes halogenated alkanes) is 18. The molecule has 1 fully saturated rings. The monoisotopic (exact) mass is 945 g/mol. The Balaban J connectivity index is 1.78. The Bertz CT molecular complexity index is 1050. The van der Waals surface area contributed by atoms with E-state index in [2.05, 4.69) is 26.6 Å². The second kappa shape index (κ2) is 48.7. The van der Waals surface area contributed by atoms with Crippen LogP contribution in [0.25, 0.3) is 0 Å². The average molecular weight is 945 g/mol. The smallest absolute Gasteiger partial charge is 0.246 e. The summed E-state index contributed by atoms with van der Waals surface area (Å²) in [5.74, 6) is 1.41. The molecule has 10 N–H and O–H groups in total. The zero-order valence-corrected chi connectivity index (χ0v) is 42.2. The van der Waals surface area contributed by atoms with Crippen LogP contribution >= 0.6 is 0 Å². The third-order valence-corrected chi connectivity index (χ3v) is 12.7. The lowest BCUT2D eigenvalue weighted by molar-refractivity contribution is -0.126. The van der Waals surface area contributed by atoms with Crippen molar-refractivity contribution in [3.8, 4) is 0 Å². The van der Waals surface area contributed by atoms with Crippen molar-refractivity contribution >= 4 is 11.7 Å². The summed E-state index contributed by atoms with van der Waals surface area (Å²) < 4.78 is 21.8. The van der Waals surface area contributed by atoms with Crippen LogP contribution in [0.2, 0.25) is 0 Å². The van der Waals surface area contributed by atoms with Crippen LogP contribution in [0.15, 0.2) is 0 Å². The van der Waals surface area contributed by atoms with Crippen LogP contribution in [0.3, 0.4) is 0 Å². The van der Waals surface area contributed by atoms with E-state index in [0.29, 0.717) is 85.1 Å². The number of ether oxygens (including phenoxy) is 4. The Labute approximate surface area is 402 Å². The zero-order chi connectivity index (χ0) is 47.8. The molecular formula is C51H104N6O9. The molecule has 0 aromatic carbocycles. The van der Waals surface area contributed by atoms with E-state index in [1.54, 1.807) is 0 Å². The highest BCUT2D eigenvalue weighted by atomic mass is 16.5. The van der Waals surface area contributed by atoms with Gasteiger partial charge >= 0.3 is 0 Å². The Kier molecular flexibility index (Phi) is 46.2. The van der Waals surface area contributed by atoms with E-state index < -0.39 is 18.5 Å². The maximum atomic E-state index is 12.0. The minimum absolute atomic E-state index is 0.0548. The molecule has 3 atom stereocenters. The van der Waals surface area contributed by atoms with Crippen LogP contribution in [0, 0.1) is 11.8 Å². The number of carbonyl (C=O) groups excluding carboxylic acids is 2. The Hall–Kier alpha value is -1.34.